The van der Waals surface area contributed by atoms with Gasteiger partial charge in [0.05, 0.1) is 35.8 Å². The van der Waals surface area contributed by atoms with Crippen LogP contribution in [0, 0.1) is 10.6 Å². The van der Waals surface area contributed by atoms with Gasteiger partial charge in [0.15, 0.2) is 17.3 Å². The van der Waals surface area contributed by atoms with Crippen LogP contribution in [-0.4, -0.2) is 29.1 Å². The maximum absolute atomic E-state index is 13.3. The van der Waals surface area contributed by atoms with Gasteiger partial charge in [-0.05, 0) is 70.1 Å². The monoisotopic (exact) mass is 578 g/mol. The molecular weight excluding hydrogens is 559 g/mol. The molecule has 0 fully saturated rings. The molecule has 0 bridgehead atoms. The summed E-state index contributed by atoms with van der Waals surface area (Å²) >= 11 is 15.1. The predicted octanol–water partition coefficient (Wildman–Crippen LogP) is 6.50. The van der Waals surface area contributed by atoms with Crippen LogP contribution in [0.1, 0.15) is 11.1 Å². The van der Waals surface area contributed by atoms with Crippen molar-refractivity contribution in [3.63, 3.8) is 0 Å². The molecule has 1 heterocycles. The van der Waals surface area contributed by atoms with Crippen molar-refractivity contribution in [3.05, 3.63) is 85.8 Å². The van der Waals surface area contributed by atoms with E-state index in [0.29, 0.717) is 49.4 Å². The van der Waals surface area contributed by atoms with Crippen molar-refractivity contribution in [2.24, 2.45) is 0 Å². The largest absolute Gasteiger partial charge is 0.496 e. The van der Waals surface area contributed by atoms with E-state index in [-0.39, 0.29) is 6.61 Å². The molecular formula is C24H21BrClFN4O3S. The normalized spacial score (nSPS) is 10.8. The van der Waals surface area contributed by atoms with Crippen LogP contribution < -0.4 is 19.6 Å². The zero-order valence-corrected chi connectivity index (χ0v) is 21.9. The third-order valence-corrected chi connectivity index (χ3v) is 6.35. The van der Waals surface area contributed by atoms with Crippen molar-refractivity contribution in [1.82, 2.24) is 14.9 Å². The third-order valence-electron chi connectivity index (χ3n) is 5.14. The highest BCUT2D eigenvalue weighted by Gasteiger charge is 2.16. The molecule has 4 rings (SSSR count). The first kappa shape index (κ1) is 25.0. The van der Waals surface area contributed by atoms with E-state index in [0.717, 1.165) is 11.1 Å². The predicted molar refractivity (Wildman–Crippen MR) is 139 cm³/mol. The Labute approximate surface area is 219 Å². The Kier molecular flexibility index (Phi) is 7.94. The Morgan fingerprint density at radius 3 is 2.63 bits per heavy atom. The molecule has 0 saturated carbocycles. The number of nitrogens with one attached hydrogen (secondary N) is 2. The number of aromatic nitrogens is 3. The number of para-hydroxylation sites is 1. The van der Waals surface area contributed by atoms with Gasteiger partial charge in [-0.3, -0.25) is 0 Å². The number of nitrogens with zero attached hydrogens (tertiary/aromatic N) is 2. The maximum Gasteiger partial charge on any atom is 0.214 e. The van der Waals surface area contributed by atoms with Crippen molar-refractivity contribution < 1.29 is 18.6 Å². The molecule has 11 heteroatoms. The van der Waals surface area contributed by atoms with Gasteiger partial charge < -0.3 is 19.6 Å². The molecule has 0 unspecified atom stereocenters. The second-order valence-electron chi connectivity index (χ2n) is 7.36. The zero-order chi connectivity index (χ0) is 24.9. The fourth-order valence-electron chi connectivity index (χ4n) is 3.43. The van der Waals surface area contributed by atoms with Gasteiger partial charge in [-0.25, -0.2) is 14.2 Å². The van der Waals surface area contributed by atoms with Crippen molar-refractivity contribution in [3.8, 4) is 28.6 Å². The molecule has 182 valence electrons. The van der Waals surface area contributed by atoms with E-state index in [1.807, 2.05) is 36.4 Å². The SMILES string of the molecule is COc1ccccc1-c1n[nH]c(=S)n1NCc1cc(Br)c(OCc2ccc(F)cc2Cl)c(OC)c1. The first-order chi connectivity index (χ1) is 16.9. The standard InChI is InChI=1S/C24H21BrClFN4O3S/c1-32-20-6-4-3-5-17(20)23-29-30-24(35)31(23)28-12-14-9-18(25)22(21(10-14)33-2)34-13-15-7-8-16(27)11-19(15)26/h3-11,28H,12-13H2,1-2H3,(H,30,35). The van der Waals surface area contributed by atoms with Crippen molar-refractivity contribution in [1.29, 1.82) is 0 Å². The molecule has 0 amide bonds. The topological polar surface area (TPSA) is 73.3 Å². The van der Waals surface area contributed by atoms with E-state index in [2.05, 4.69) is 31.6 Å². The average molecular weight is 580 g/mol. The van der Waals surface area contributed by atoms with Crippen LogP contribution >= 0.6 is 39.7 Å². The van der Waals surface area contributed by atoms with Crippen LogP contribution in [0.15, 0.2) is 59.1 Å². The zero-order valence-electron chi connectivity index (χ0n) is 18.8. The number of ether oxygens (including phenoxy) is 3. The lowest BCUT2D eigenvalue weighted by atomic mass is 10.2. The quantitative estimate of drug-likeness (QED) is 0.221. The van der Waals surface area contributed by atoms with Crippen LogP contribution in [0.3, 0.4) is 0 Å². The Morgan fingerprint density at radius 2 is 1.89 bits per heavy atom. The molecule has 0 aliphatic heterocycles. The fraction of sp³-hybridized carbons (Fsp3) is 0.167. The number of halogens is 3. The minimum absolute atomic E-state index is 0.151. The molecule has 35 heavy (non-hydrogen) atoms. The number of hydrogen-bond donors (Lipinski definition) is 2. The third kappa shape index (κ3) is 5.61. The summed E-state index contributed by atoms with van der Waals surface area (Å²) in [4.78, 5) is 0. The summed E-state index contributed by atoms with van der Waals surface area (Å²) in [5.74, 6) is 1.90. The molecule has 3 aromatic carbocycles. The first-order valence-electron chi connectivity index (χ1n) is 10.4. The highest BCUT2D eigenvalue weighted by atomic mass is 79.9. The Bertz CT molecular complexity index is 1410. The Hall–Kier alpha value is -3.08. The van der Waals surface area contributed by atoms with E-state index < -0.39 is 5.82 Å². The Morgan fingerprint density at radius 1 is 1.11 bits per heavy atom. The van der Waals surface area contributed by atoms with Crippen LogP contribution in [0.5, 0.6) is 17.2 Å². The van der Waals surface area contributed by atoms with Gasteiger partial charge in [-0.1, -0.05) is 29.8 Å². The number of rotatable bonds is 9. The summed E-state index contributed by atoms with van der Waals surface area (Å²) in [5.41, 5.74) is 5.63. The van der Waals surface area contributed by atoms with Crippen molar-refractivity contribution in [2.75, 3.05) is 19.6 Å². The van der Waals surface area contributed by atoms with Crippen LogP contribution in [0.4, 0.5) is 4.39 Å². The summed E-state index contributed by atoms with van der Waals surface area (Å²) in [6, 6.07) is 15.5. The molecule has 0 aliphatic carbocycles. The molecule has 0 saturated heterocycles. The molecule has 2 N–H and O–H groups in total. The molecule has 4 aromatic rings. The van der Waals surface area contributed by atoms with E-state index in [9.17, 15) is 4.39 Å². The number of H-pyrrole nitrogens is 1. The van der Waals surface area contributed by atoms with Crippen LogP contribution in [0.25, 0.3) is 11.4 Å². The van der Waals surface area contributed by atoms with E-state index in [1.54, 1.807) is 25.0 Å². The summed E-state index contributed by atoms with van der Waals surface area (Å²) in [7, 11) is 3.16. The number of methoxy groups -OCH3 is 2. The van der Waals surface area contributed by atoms with Gasteiger partial charge in [-0.2, -0.15) is 5.10 Å². The van der Waals surface area contributed by atoms with Crippen LogP contribution in [-0.2, 0) is 13.2 Å². The van der Waals surface area contributed by atoms with Crippen LogP contribution in [0.2, 0.25) is 5.02 Å². The molecule has 0 radical (unpaired) electrons. The van der Waals surface area contributed by atoms with Gasteiger partial charge >= 0.3 is 0 Å². The summed E-state index contributed by atoms with van der Waals surface area (Å²) < 4.78 is 33.1. The van der Waals surface area contributed by atoms with Gasteiger partial charge in [0.25, 0.3) is 0 Å². The summed E-state index contributed by atoms with van der Waals surface area (Å²) in [5, 5.41) is 7.46. The van der Waals surface area contributed by atoms with Crippen molar-refractivity contribution in [2.45, 2.75) is 13.2 Å². The average Bonchev–Trinajstić information content (AvgIpc) is 3.22. The molecule has 0 aliphatic rings. The smallest absolute Gasteiger partial charge is 0.214 e. The van der Waals surface area contributed by atoms with E-state index >= 15 is 0 Å². The minimum Gasteiger partial charge on any atom is -0.496 e. The number of benzene rings is 3. The summed E-state index contributed by atoms with van der Waals surface area (Å²) in [6.07, 6.45) is 0. The van der Waals surface area contributed by atoms with Gasteiger partial charge in [-0.15, -0.1) is 0 Å². The first-order valence-corrected chi connectivity index (χ1v) is 12.0. The minimum atomic E-state index is -0.402. The van der Waals surface area contributed by atoms with E-state index in [4.69, 9.17) is 38.0 Å². The molecule has 0 atom stereocenters. The Balaban J connectivity index is 1.54. The highest BCUT2D eigenvalue weighted by Crippen LogP contribution is 2.38. The lowest BCUT2D eigenvalue weighted by Crippen LogP contribution is -2.16. The summed E-state index contributed by atoms with van der Waals surface area (Å²) in [6.45, 7) is 0.563. The number of hydrogen-bond acceptors (Lipinski definition) is 6. The fourth-order valence-corrected chi connectivity index (χ4v) is 4.45. The lowest BCUT2D eigenvalue weighted by molar-refractivity contribution is 0.282. The van der Waals surface area contributed by atoms with Gasteiger partial charge in [0.2, 0.25) is 4.77 Å². The van der Waals surface area contributed by atoms with Gasteiger partial charge in [0, 0.05) is 5.56 Å². The van der Waals surface area contributed by atoms with Gasteiger partial charge in [0.1, 0.15) is 18.2 Å². The molecule has 1 aromatic heterocycles. The second kappa shape index (κ2) is 11.1. The maximum atomic E-state index is 13.3. The lowest BCUT2D eigenvalue weighted by Gasteiger charge is -2.16. The second-order valence-corrected chi connectivity index (χ2v) is 9.00. The van der Waals surface area contributed by atoms with E-state index in [1.165, 1.54) is 12.1 Å². The molecule has 7 nitrogen and oxygen atoms in total. The molecule has 0 spiro atoms. The number of aromatic amines is 1. The van der Waals surface area contributed by atoms with Crippen molar-refractivity contribution >= 4 is 39.7 Å². The highest BCUT2D eigenvalue weighted by molar-refractivity contribution is 9.10.